The first-order valence-electron chi connectivity index (χ1n) is 16.3. The van der Waals surface area contributed by atoms with Crippen LogP contribution in [0.25, 0.3) is 10.8 Å². The predicted octanol–water partition coefficient (Wildman–Crippen LogP) is 7.59. The first-order chi connectivity index (χ1) is 24.4. The average molecular weight is 749 g/mol. The summed E-state index contributed by atoms with van der Waals surface area (Å²) in [5.74, 6) is -2.19. The highest BCUT2D eigenvalue weighted by Crippen LogP contribution is 2.34. The van der Waals surface area contributed by atoms with Gasteiger partial charge in [0, 0.05) is 42.8 Å². The summed E-state index contributed by atoms with van der Waals surface area (Å²) in [6.45, 7) is 3.30. The largest absolute Gasteiger partial charge is 0.612 e. The smallest absolute Gasteiger partial charge is 0.328 e. The maximum atomic E-state index is 13.8. The van der Waals surface area contributed by atoms with Crippen molar-refractivity contribution in [2.75, 3.05) is 39.5 Å². The number of nitriles is 1. The molecule has 1 amide bonds. The Balaban J connectivity index is 0.000000652. The number of carboxylic acid groups (broad SMARTS) is 2. The number of carbonyl (C=O) groups excluding carboxylic acids is 1. The number of carboxylic acids is 2. The fourth-order valence-corrected chi connectivity index (χ4v) is 7.47. The van der Waals surface area contributed by atoms with E-state index in [0.29, 0.717) is 45.8 Å². The van der Waals surface area contributed by atoms with Gasteiger partial charge in [0.1, 0.15) is 6.26 Å². The second-order valence-electron chi connectivity index (χ2n) is 12.3. The van der Waals surface area contributed by atoms with E-state index in [0.717, 1.165) is 60.1 Å². The number of nitrogens with zero attached hydrogens (tertiary/aromatic N) is 3. The van der Waals surface area contributed by atoms with Gasteiger partial charge in [-0.25, -0.2) is 9.59 Å². The molecule has 0 radical (unpaired) electrons. The lowest BCUT2D eigenvalue weighted by Crippen LogP contribution is -2.36. The third-order valence-corrected chi connectivity index (χ3v) is 10.6. The molecule has 51 heavy (non-hydrogen) atoms. The summed E-state index contributed by atoms with van der Waals surface area (Å²) in [5.41, 5.74) is 3.25. The number of hydrogen-bond acceptors (Lipinski definition) is 6. The minimum Gasteiger partial charge on any atom is -0.612 e. The van der Waals surface area contributed by atoms with Crippen molar-refractivity contribution in [3.63, 3.8) is 0 Å². The monoisotopic (exact) mass is 747 g/mol. The number of piperidine rings is 1. The van der Waals surface area contributed by atoms with Crippen LogP contribution in [0.3, 0.4) is 0 Å². The van der Waals surface area contributed by atoms with Gasteiger partial charge in [0.15, 0.2) is 4.90 Å². The van der Waals surface area contributed by atoms with Crippen LogP contribution in [0.2, 0.25) is 10.0 Å². The second-order valence-corrected chi connectivity index (χ2v) is 14.5. The fourth-order valence-electron chi connectivity index (χ4n) is 6.33. The van der Waals surface area contributed by atoms with E-state index in [-0.39, 0.29) is 11.8 Å². The second kappa shape index (κ2) is 18.7. The van der Waals surface area contributed by atoms with Crippen molar-refractivity contribution in [2.24, 2.45) is 0 Å². The van der Waals surface area contributed by atoms with Gasteiger partial charge in [-0.1, -0.05) is 71.7 Å². The lowest BCUT2D eigenvalue weighted by Gasteiger charge is -2.34. The predicted molar refractivity (Wildman–Crippen MR) is 201 cm³/mol. The van der Waals surface area contributed by atoms with E-state index in [1.54, 1.807) is 17.2 Å². The highest BCUT2D eigenvalue weighted by molar-refractivity contribution is 7.90. The zero-order valence-corrected chi connectivity index (χ0v) is 30.6. The van der Waals surface area contributed by atoms with Crippen LogP contribution >= 0.6 is 23.2 Å². The van der Waals surface area contributed by atoms with Crippen molar-refractivity contribution in [3.8, 4) is 6.07 Å². The Morgan fingerprint density at radius 3 is 2.25 bits per heavy atom. The molecule has 1 saturated heterocycles. The molecular weight excluding hydrogens is 709 g/mol. The number of aliphatic carboxylic acids is 2. The van der Waals surface area contributed by atoms with Gasteiger partial charge in [0.2, 0.25) is 0 Å². The van der Waals surface area contributed by atoms with Crippen LogP contribution in [0.1, 0.15) is 58.1 Å². The Hall–Kier alpha value is -4.37. The summed E-state index contributed by atoms with van der Waals surface area (Å²) in [6.07, 6.45) is 5.75. The molecule has 1 fully saturated rings. The van der Waals surface area contributed by atoms with E-state index < -0.39 is 23.1 Å². The van der Waals surface area contributed by atoms with Gasteiger partial charge in [0.05, 0.1) is 21.7 Å². The van der Waals surface area contributed by atoms with Gasteiger partial charge < -0.3 is 24.6 Å². The number of hydrogen-bond donors (Lipinski definition) is 2. The van der Waals surface area contributed by atoms with Crippen molar-refractivity contribution in [1.29, 1.82) is 5.26 Å². The third-order valence-electron chi connectivity index (χ3n) is 8.90. The average Bonchev–Trinajstić information content (AvgIpc) is 3.13. The number of likely N-dealkylation sites (tertiary alicyclic amines) is 1. The molecule has 266 valence electrons. The molecule has 2 atom stereocenters. The number of halogens is 2. The zero-order chi connectivity index (χ0) is 37.1. The third kappa shape index (κ3) is 11.1. The molecule has 1 aliphatic heterocycles. The Kier molecular flexibility index (Phi) is 14.5. The molecule has 4 aromatic rings. The van der Waals surface area contributed by atoms with Crippen LogP contribution < -0.4 is 0 Å². The van der Waals surface area contributed by atoms with Gasteiger partial charge >= 0.3 is 11.9 Å². The Morgan fingerprint density at radius 2 is 1.63 bits per heavy atom. The molecule has 9 nitrogen and oxygen atoms in total. The zero-order valence-electron chi connectivity index (χ0n) is 28.3. The fraction of sp³-hybridized carbons (Fsp3) is 0.282. The lowest BCUT2D eigenvalue weighted by atomic mass is 9.88. The van der Waals surface area contributed by atoms with Crippen molar-refractivity contribution in [2.45, 2.75) is 36.0 Å². The van der Waals surface area contributed by atoms with Crippen LogP contribution in [0.5, 0.6) is 0 Å². The van der Waals surface area contributed by atoms with Crippen molar-refractivity contribution in [1.82, 2.24) is 9.80 Å². The molecule has 2 N–H and O–H groups in total. The van der Waals surface area contributed by atoms with Gasteiger partial charge in [0.25, 0.3) is 5.91 Å². The quantitative estimate of drug-likeness (QED) is 0.118. The minimum atomic E-state index is -1.26. The van der Waals surface area contributed by atoms with Crippen LogP contribution in [0.4, 0.5) is 0 Å². The van der Waals surface area contributed by atoms with E-state index in [1.165, 1.54) is 5.56 Å². The summed E-state index contributed by atoms with van der Waals surface area (Å²) >= 11 is 11.7. The van der Waals surface area contributed by atoms with Gasteiger partial charge in [-0.05, 0) is 103 Å². The first kappa shape index (κ1) is 39.4. The summed E-state index contributed by atoms with van der Waals surface area (Å²) in [7, 11) is 1.82. The van der Waals surface area contributed by atoms with Crippen molar-refractivity contribution in [3.05, 3.63) is 123 Å². The molecule has 0 aliphatic carbocycles. The summed E-state index contributed by atoms with van der Waals surface area (Å²) < 4.78 is 12.3. The van der Waals surface area contributed by atoms with E-state index >= 15 is 0 Å². The van der Waals surface area contributed by atoms with E-state index in [2.05, 4.69) is 17.0 Å². The summed E-state index contributed by atoms with van der Waals surface area (Å²) in [5, 5.41) is 27.9. The molecule has 0 spiro atoms. The van der Waals surface area contributed by atoms with Crippen LogP contribution in [-0.2, 0) is 20.8 Å². The standard InChI is InChI=1S/C35H35Cl2N3O2S.C4H4O4/c1-39(35(41)31-20-24(22-38)19-27-7-3-4-8-29(27)31)23-28(26-11-12-32(36)33(37)21-26)15-18-40-16-13-25(14-17-40)30-9-5-6-10-34(30)43(2)42;5-3(6)1-2-4(7)8/h3-12,19-21,25,28H,13-18,23H2,1-2H3;1-2H,(H,5,6)(H,7,8)/b;2-1+. The van der Waals surface area contributed by atoms with Crippen LogP contribution in [0.15, 0.2) is 95.9 Å². The van der Waals surface area contributed by atoms with Gasteiger partial charge in [-0.3, -0.25) is 4.79 Å². The van der Waals surface area contributed by atoms with Crippen molar-refractivity contribution < 1.29 is 29.1 Å². The molecule has 1 heterocycles. The molecule has 1 aliphatic rings. The van der Waals surface area contributed by atoms with Gasteiger partial charge in [-0.2, -0.15) is 5.26 Å². The van der Waals surface area contributed by atoms with Crippen LogP contribution in [0, 0.1) is 11.3 Å². The topological polar surface area (TPSA) is 145 Å². The van der Waals surface area contributed by atoms with E-state index in [4.69, 9.17) is 33.4 Å². The summed E-state index contributed by atoms with van der Waals surface area (Å²) in [6, 6.07) is 27.2. The Morgan fingerprint density at radius 1 is 0.980 bits per heavy atom. The molecule has 4 aromatic carbocycles. The van der Waals surface area contributed by atoms with E-state index in [9.17, 15) is 24.2 Å². The molecule has 12 heteroatoms. The number of amides is 1. The molecule has 2 unspecified atom stereocenters. The maximum absolute atomic E-state index is 13.8. The maximum Gasteiger partial charge on any atom is 0.328 e. The van der Waals surface area contributed by atoms with Crippen LogP contribution in [-0.4, -0.2) is 81.9 Å². The molecule has 0 saturated carbocycles. The normalized spacial score (nSPS) is 14.7. The molecule has 5 rings (SSSR count). The number of benzene rings is 4. The first-order valence-corrected chi connectivity index (χ1v) is 18.6. The van der Waals surface area contributed by atoms with E-state index in [1.807, 2.05) is 73.8 Å². The molecular formula is C39H39Cl2N3O6S. The number of likely N-dealkylation sites (N-methyl/N-ethyl adjacent to an activating group) is 1. The number of fused-ring (bicyclic) bond motifs is 1. The summed E-state index contributed by atoms with van der Waals surface area (Å²) in [4.78, 5) is 38.1. The lowest BCUT2D eigenvalue weighted by molar-refractivity contribution is -0.134. The highest BCUT2D eigenvalue weighted by atomic mass is 35.5. The SMILES string of the molecule is CN(CC(CCN1CCC(c2ccccc2[S+](C)[O-])CC1)c1ccc(Cl)c(Cl)c1)C(=O)c1cc(C#N)cc2ccccc12.O=C(O)/C=C/C(=O)O. The minimum absolute atomic E-state index is 0.0371. The van der Waals surface area contributed by atoms with Gasteiger partial charge in [-0.15, -0.1) is 0 Å². The number of rotatable bonds is 11. The molecule has 0 aromatic heterocycles. The number of carbonyl (C=O) groups is 3. The Labute approximate surface area is 310 Å². The highest BCUT2D eigenvalue weighted by Gasteiger charge is 2.27. The Bertz CT molecular complexity index is 1920. The molecule has 0 bridgehead atoms. The van der Waals surface area contributed by atoms with Crippen molar-refractivity contribution >= 4 is 63.0 Å².